The predicted octanol–water partition coefficient (Wildman–Crippen LogP) is 1.49. The molecule has 0 bridgehead atoms. The molecule has 2 rings (SSSR count). The van der Waals surface area contributed by atoms with Crippen molar-refractivity contribution < 1.29 is 9.47 Å². The van der Waals surface area contributed by atoms with Crippen molar-refractivity contribution in [3.05, 3.63) is 24.0 Å². The third-order valence-electron chi connectivity index (χ3n) is 2.76. The lowest BCUT2D eigenvalue weighted by atomic mass is 10.2. The topological polar surface area (TPSA) is 57.4 Å². The van der Waals surface area contributed by atoms with Gasteiger partial charge in [-0.05, 0) is 31.9 Å². The van der Waals surface area contributed by atoms with Gasteiger partial charge in [0.15, 0.2) is 0 Å². The fraction of sp³-hybridized carbons (Fsp3) is 0.583. The van der Waals surface area contributed by atoms with Crippen LogP contribution in [0.5, 0.6) is 5.75 Å². The quantitative estimate of drug-likeness (QED) is 0.838. The number of hydrogen-bond donors (Lipinski definition) is 1. The number of hydrogen-bond acceptors (Lipinski definition) is 4. The van der Waals surface area contributed by atoms with Crippen LogP contribution < -0.4 is 10.5 Å². The first-order chi connectivity index (χ1) is 7.78. The van der Waals surface area contributed by atoms with Crippen molar-refractivity contribution >= 4 is 0 Å². The van der Waals surface area contributed by atoms with Gasteiger partial charge < -0.3 is 15.2 Å². The van der Waals surface area contributed by atoms with E-state index in [4.69, 9.17) is 15.2 Å². The first kappa shape index (κ1) is 11.4. The van der Waals surface area contributed by atoms with Gasteiger partial charge in [0.25, 0.3) is 0 Å². The van der Waals surface area contributed by atoms with Gasteiger partial charge in [0.1, 0.15) is 12.4 Å². The minimum absolute atomic E-state index is 0.226. The second kappa shape index (κ2) is 5.27. The Bertz CT molecular complexity index is 326. The maximum atomic E-state index is 5.66. The maximum Gasteiger partial charge on any atom is 0.137 e. The summed E-state index contributed by atoms with van der Waals surface area (Å²) in [6, 6.07) is 3.78. The van der Waals surface area contributed by atoms with Crippen molar-refractivity contribution in [3.63, 3.8) is 0 Å². The smallest absolute Gasteiger partial charge is 0.137 e. The van der Waals surface area contributed by atoms with Crippen LogP contribution in [0.1, 0.15) is 25.5 Å². The molecular weight excluding hydrogens is 204 g/mol. The minimum Gasteiger partial charge on any atom is -0.489 e. The fourth-order valence-electron chi connectivity index (χ4n) is 1.81. The minimum atomic E-state index is 0.226. The zero-order chi connectivity index (χ0) is 11.4. The number of nitrogens with zero attached hydrogens (tertiary/aromatic N) is 1. The summed E-state index contributed by atoms with van der Waals surface area (Å²) >= 11 is 0. The number of nitrogens with two attached hydrogens (primary N) is 1. The summed E-state index contributed by atoms with van der Waals surface area (Å²) in [4.78, 5) is 4.17. The molecule has 1 aliphatic heterocycles. The third-order valence-corrected chi connectivity index (χ3v) is 2.76. The molecular formula is C12H18N2O2. The SMILES string of the molecule is CC1CCC(COc2ccc(CN)nc2)O1. The van der Waals surface area contributed by atoms with Gasteiger partial charge in [-0.1, -0.05) is 0 Å². The lowest BCUT2D eigenvalue weighted by Gasteiger charge is -2.12. The molecule has 2 heterocycles. The summed E-state index contributed by atoms with van der Waals surface area (Å²) in [6.45, 7) is 3.16. The Kier molecular flexibility index (Phi) is 3.74. The highest BCUT2D eigenvalue weighted by Gasteiger charge is 2.22. The summed E-state index contributed by atoms with van der Waals surface area (Å²) in [5, 5.41) is 0. The second-order valence-electron chi connectivity index (χ2n) is 4.15. The molecule has 0 radical (unpaired) electrons. The van der Waals surface area contributed by atoms with E-state index in [-0.39, 0.29) is 6.10 Å². The summed E-state index contributed by atoms with van der Waals surface area (Å²) in [6.07, 6.45) is 4.50. The highest BCUT2D eigenvalue weighted by Crippen LogP contribution is 2.20. The van der Waals surface area contributed by atoms with Crippen LogP contribution in [0.15, 0.2) is 18.3 Å². The molecule has 1 fully saturated rings. The van der Waals surface area contributed by atoms with Crippen LogP contribution in [0.4, 0.5) is 0 Å². The molecule has 16 heavy (non-hydrogen) atoms. The fourth-order valence-corrected chi connectivity index (χ4v) is 1.81. The van der Waals surface area contributed by atoms with Crippen LogP contribution in [0.25, 0.3) is 0 Å². The average Bonchev–Trinajstić information content (AvgIpc) is 2.73. The van der Waals surface area contributed by atoms with Gasteiger partial charge >= 0.3 is 0 Å². The molecule has 0 aliphatic carbocycles. The molecule has 88 valence electrons. The van der Waals surface area contributed by atoms with Crippen molar-refractivity contribution in [2.75, 3.05) is 6.61 Å². The van der Waals surface area contributed by atoms with Crippen LogP contribution in [0.3, 0.4) is 0 Å². The van der Waals surface area contributed by atoms with Gasteiger partial charge in [0, 0.05) is 6.54 Å². The Labute approximate surface area is 95.8 Å². The Hall–Kier alpha value is -1.13. The molecule has 0 saturated carbocycles. The Morgan fingerprint density at radius 2 is 2.38 bits per heavy atom. The Morgan fingerprint density at radius 3 is 2.94 bits per heavy atom. The molecule has 2 unspecified atom stereocenters. The van der Waals surface area contributed by atoms with Crippen LogP contribution in [0, 0.1) is 0 Å². The van der Waals surface area contributed by atoms with Crippen molar-refractivity contribution in [2.24, 2.45) is 5.73 Å². The lowest BCUT2D eigenvalue weighted by molar-refractivity contribution is 0.0264. The monoisotopic (exact) mass is 222 g/mol. The molecule has 1 saturated heterocycles. The molecule has 0 aromatic carbocycles. The van der Waals surface area contributed by atoms with Gasteiger partial charge in [-0.25, -0.2) is 0 Å². The third kappa shape index (κ3) is 2.93. The molecule has 2 atom stereocenters. The maximum absolute atomic E-state index is 5.66. The van der Waals surface area contributed by atoms with Crippen LogP contribution in [0.2, 0.25) is 0 Å². The van der Waals surface area contributed by atoms with Crippen LogP contribution >= 0.6 is 0 Å². The van der Waals surface area contributed by atoms with E-state index in [0.29, 0.717) is 19.3 Å². The van der Waals surface area contributed by atoms with E-state index in [9.17, 15) is 0 Å². The highest BCUT2D eigenvalue weighted by atomic mass is 16.5. The first-order valence-electron chi connectivity index (χ1n) is 5.71. The molecule has 4 nitrogen and oxygen atoms in total. The van der Waals surface area contributed by atoms with Crippen LogP contribution in [-0.4, -0.2) is 23.8 Å². The molecule has 1 aliphatic rings. The first-order valence-corrected chi connectivity index (χ1v) is 5.71. The van der Waals surface area contributed by atoms with Gasteiger partial charge in [-0.3, -0.25) is 4.98 Å². The molecule has 2 N–H and O–H groups in total. The number of pyridine rings is 1. The number of rotatable bonds is 4. The van der Waals surface area contributed by atoms with E-state index < -0.39 is 0 Å². The van der Waals surface area contributed by atoms with E-state index in [1.807, 2.05) is 12.1 Å². The highest BCUT2D eigenvalue weighted by molar-refractivity contribution is 5.19. The molecule has 0 amide bonds. The van der Waals surface area contributed by atoms with E-state index >= 15 is 0 Å². The normalized spacial score (nSPS) is 24.6. The molecule has 4 heteroatoms. The molecule has 1 aromatic heterocycles. The summed E-state index contributed by atoms with van der Waals surface area (Å²) in [5.41, 5.74) is 6.34. The van der Waals surface area contributed by atoms with Gasteiger partial charge in [0.2, 0.25) is 0 Å². The van der Waals surface area contributed by atoms with Gasteiger partial charge in [-0.15, -0.1) is 0 Å². The van der Waals surface area contributed by atoms with Gasteiger partial charge in [-0.2, -0.15) is 0 Å². The standard InChI is InChI=1S/C12H18N2O2/c1-9-2-4-12(16-9)8-15-11-5-3-10(6-13)14-7-11/h3,5,7,9,12H,2,4,6,8,13H2,1H3. The van der Waals surface area contributed by atoms with E-state index in [1.54, 1.807) is 6.20 Å². The summed E-state index contributed by atoms with van der Waals surface area (Å²) < 4.78 is 11.3. The zero-order valence-corrected chi connectivity index (χ0v) is 9.56. The van der Waals surface area contributed by atoms with Gasteiger partial charge in [0.05, 0.1) is 24.1 Å². The van der Waals surface area contributed by atoms with Crippen molar-refractivity contribution in [1.29, 1.82) is 0 Å². The van der Waals surface area contributed by atoms with Crippen LogP contribution in [-0.2, 0) is 11.3 Å². The lowest BCUT2D eigenvalue weighted by Crippen LogP contribution is -2.17. The summed E-state index contributed by atoms with van der Waals surface area (Å²) in [5.74, 6) is 0.778. The zero-order valence-electron chi connectivity index (χ0n) is 9.56. The molecule has 1 aromatic rings. The molecule has 0 spiro atoms. The average molecular weight is 222 g/mol. The Morgan fingerprint density at radius 1 is 1.50 bits per heavy atom. The van der Waals surface area contributed by atoms with Crippen molar-refractivity contribution in [1.82, 2.24) is 4.98 Å². The van der Waals surface area contributed by atoms with E-state index in [0.717, 1.165) is 24.3 Å². The van der Waals surface area contributed by atoms with E-state index in [2.05, 4.69) is 11.9 Å². The number of ether oxygens (including phenoxy) is 2. The van der Waals surface area contributed by atoms with Crippen molar-refractivity contribution in [2.45, 2.75) is 38.5 Å². The number of aromatic nitrogens is 1. The van der Waals surface area contributed by atoms with E-state index in [1.165, 1.54) is 0 Å². The Balaban J connectivity index is 1.80. The largest absolute Gasteiger partial charge is 0.489 e. The summed E-state index contributed by atoms with van der Waals surface area (Å²) in [7, 11) is 0. The predicted molar refractivity (Wildman–Crippen MR) is 61.2 cm³/mol. The second-order valence-corrected chi connectivity index (χ2v) is 4.15. The van der Waals surface area contributed by atoms with Crippen molar-refractivity contribution in [3.8, 4) is 5.75 Å².